The molecule has 2 aromatic heterocycles. The van der Waals surface area contributed by atoms with Gasteiger partial charge in [-0.1, -0.05) is 42.5 Å². The molecule has 0 radical (unpaired) electrons. The molecular weight excluding hydrogens is 374 g/mol. The van der Waals surface area contributed by atoms with Crippen molar-refractivity contribution in [3.8, 4) is 5.75 Å². The second-order valence-corrected chi connectivity index (χ2v) is 7.71. The molecule has 150 valence electrons. The molecule has 1 amide bonds. The molecule has 5 nitrogen and oxygen atoms in total. The Kier molecular flexibility index (Phi) is 4.93. The van der Waals surface area contributed by atoms with Crippen LogP contribution in [0.1, 0.15) is 40.5 Å². The van der Waals surface area contributed by atoms with Gasteiger partial charge in [0.2, 0.25) is 0 Å². The standard InChI is InChI=1S/C25H23N3O2/c29-25(27-24(19-12-13-19)18-7-2-1-3-8-18)20-9-6-10-22(15-20)30-17-21-16-28-14-5-4-11-23(28)26-21/h1-11,14-16,19,24H,12-13,17H2,(H,27,29). The third-order valence-corrected chi connectivity index (χ3v) is 5.44. The molecule has 2 heterocycles. The van der Waals surface area contributed by atoms with Crippen LogP contribution in [-0.2, 0) is 6.61 Å². The molecule has 0 saturated heterocycles. The number of nitrogens with zero attached hydrogens (tertiary/aromatic N) is 2. The normalized spacial score (nSPS) is 14.4. The number of imidazole rings is 1. The number of ether oxygens (including phenoxy) is 1. The Labute approximate surface area is 175 Å². The fourth-order valence-electron chi connectivity index (χ4n) is 3.73. The van der Waals surface area contributed by atoms with Crippen LogP contribution >= 0.6 is 0 Å². The zero-order valence-electron chi connectivity index (χ0n) is 16.6. The van der Waals surface area contributed by atoms with Crippen molar-refractivity contribution >= 4 is 11.6 Å². The van der Waals surface area contributed by atoms with Crippen molar-refractivity contribution in [2.45, 2.75) is 25.5 Å². The Morgan fingerprint density at radius 2 is 1.90 bits per heavy atom. The molecule has 1 atom stereocenters. The highest BCUT2D eigenvalue weighted by Gasteiger charge is 2.33. The monoisotopic (exact) mass is 397 g/mol. The van der Waals surface area contributed by atoms with Crippen LogP contribution in [0.2, 0.25) is 0 Å². The molecule has 0 bridgehead atoms. The second-order valence-electron chi connectivity index (χ2n) is 7.71. The van der Waals surface area contributed by atoms with Crippen molar-refractivity contribution in [1.82, 2.24) is 14.7 Å². The van der Waals surface area contributed by atoms with E-state index in [2.05, 4.69) is 22.4 Å². The van der Waals surface area contributed by atoms with Crippen molar-refractivity contribution in [1.29, 1.82) is 0 Å². The number of aromatic nitrogens is 2. The lowest BCUT2D eigenvalue weighted by molar-refractivity contribution is 0.0931. The lowest BCUT2D eigenvalue weighted by Crippen LogP contribution is -2.29. The van der Waals surface area contributed by atoms with Gasteiger partial charge in [0.1, 0.15) is 18.0 Å². The van der Waals surface area contributed by atoms with E-state index in [0.717, 1.165) is 29.7 Å². The zero-order chi connectivity index (χ0) is 20.3. The number of amides is 1. The number of hydrogen-bond donors (Lipinski definition) is 1. The van der Waals surface area contributed by atoms with Gasteiger partial charge in [-0.15, -0.1) is 0 Å². The van der Waals surface area contributed by atoms with Gasteiger partial charge >= 0.3 is 0 Å². The van der Waals surface area contributed by atoms with Crippen LogP contribution in [0.25, 0.3) is 5.65 Å². The summed E-state index contributed by atoms with van der Waals surface area (Å²) in [7, 11) is 0. The summed E-state index contributed by atoms with van der Waals surface area (Å²) in [5, 5.41) is 3.22. The maximum atomic E-state index is 12.9. The van der Waals surface area contributed by atoms with Crippen LogP contribution in [-0.4, -0.2) is 15.3 Å². The maximum absolute atomic E-state index is 12.9. The van der Waals surface area contributed by atoms with Gasteiger partial charge in [-0.3, -0.25) is 4.79 Å². The maximum Gasteiger partial charge on any atom is 0.251 e. The summed E-state index contributed by atoms with van der Waals surface area (Å²) in [5.74, 6) is 1.10. The van der Waals surface area contributed by atoms with Crippen LogP contribution in [0.4, 0.5) is 0 Å². The van der Waals surface area contributed by atoms with Gasteiger partial charge in [0.05, 0.1) is 11.7 Å². The van der Waals surface area contributed by atoms with Crippen molar-refractivity contribution in [2.24, 2.45) is 5.92 Å². The minimum atomic E-state index is -0.0751. The van der Waals surface area contributed by atoms with Crippen molar-refractivity contribution in [3.05, 3.63) is 102 Å². The smallest absolute Gasteiger partial charge is 0.251 e. The highest BCUT2D eigenvalue weighted by Crippen LogP contribution is 2.41. The van der Waals surface area contributed by atoms with Crippen LogP contribution < -0.4 is 10.1 Å². The molecule has 0 spiro atoms. The van der Waals surface area contributed by atoms with Crippen LogP contribution in [0.15, 0.2) is 85.2 Å². The lowest BCUT2D eigenvalue weighted by Gasteiger charge is -2.19. The average molecular weight is 397 g/mol. The molecule has 2 aromatic carbocycles. The number of carbonyl (C=O) groups excluding carboxylic acids is 1. The molecule has 0 aliphatic heterocycles. The Bertz CT molecular complexity index is 1130. The fourth-order valence-corrected chi connectivity index (χ4v) is 3.73. The number of nitrogens with one attached hydrogen (secondary N) is 1. The molecule has 5 heteroatoms. The number of rotatable bonds is 7. The van der Waals surface area contributed by atoms with E-state index in [-0.39, 0.29) is 11.9 Å². The summed E-state index contributed by atoms with van der Waals surface area (Å²) < 4.78 is 7.87. The van der Waals surface area contributed by atoms with Crippen LogP contribution in [0.5, 0.6) is 5.75 Å². The predicted molar refractivity (Wildman–Crippen MR) is 115 cm³/mol. The quantitative estimate of drug-likeness (QED) is 0.488. The van der Waals surface area contributed by atoms with Gasteiger partial charge in [0.15, 0.2) is 0 Å². The second kappa shape index (κ2) is 8.03. The van der Waals surface area contributed by atoms with E-state index in [1.165, 1.54) is 0 Å². The molecule has 1 fully saturated rings. The highest BCUT2D eigenvalue weighted by atomic mass is 16.5. The summed E-state index contributed by atoms with van der Waals surface area (Å²) in [6.07, 6.45) is 6.22. The van der Waals surface area contributed by atoms with E-state index in [9.17, 15) is 4.79 Å². The number of pyridine rings is 1. The molecule has 1 aliphatic rings. The van der Waals surface area contributed by atoms with Gasteiger partial charge in [0.25, 0.3) is 5.91 Å². The van der Waals surface area contributed by atoms with Crippen LogP contribution in [0, 0.1) is 5.92 Å². The van der Waals surface area contributed by atoms with Crippen molar-refractivity contribution < 1.29 is 9.53 Å². The molecule has 4 aromatic rings. The van der Waals surface area contributed by atoms with E-state index >= 15 is 0 Å². The molecular formula is C25H23N3O2. The third-order valence-electron chi connectivity index (χ3n) is 5.44. The summed E-state index contributed by atoms with van der Waals surface area (Å²) >= 11 is 0. The first-order chi connectivity index (χ1) is 14.8. The van der Waals surface area contributed by atoms with Crippen LogP contribution in [0.3, 0.4) is 0 Å². The van der Waals surface area contributed by atoms with E-state index in [1.54, 1.807) is 6.07 Å². The Morgan fingerprint density at radius 3 is 2.70 bits per heavy atom. The van der Waals surface area contributed by atoms with Crippen molar-refractivity contribution in [2.75, 3.05) is 0 Å². The van der Waals surface area contributed by atoms with E-state index in [1.807, 2.05) is 71.4 Å². The summed E-state index contributed by atoms with van der Waals surface area (Å²) in [5.41, 5.74) is 3.49. The first-order valence-corrected chi connectivity index (χ1v) is 10.3. The lowest BCUT2D eigenvalue weighted by atomic mass is 10.0. The molecule has 1 aliphatic carbocycles. The summed E-state index contributed by atoms with van der Waals surface area (Å²) in [4.78, 5) is 17.5. The Morgan fingerprint density at radius 1 is 1.07 bits per heavy atom. The minimum Gasteiger partial charge on any atom is -0.487 e. The Hall–Kier alpha value is -3.60. The Balaban J connectivity index is 1.27. The molecule has 1 saturated carbocycles. The highest BCUT2D eigenvalue weighted by molar-refractivity contribution is 5.94. The minimum absolute atomic E-state index is 0.0567. The van der Waals surface area contributed by atoms with Gasteiger partial charge in [-0.05, 0) is 54.7 Å². The molecule has 1 unspecified atom stereocenters. The summed E-state index contributed by atoms with van der Waals surface area (Å²) in [6, 6.07) is 23.5. The van der Waals surface area contributed by atoms with E-state index in [4.69, 9.17) is 4.74 Å². The number of hydrogen-bond acceptors (Lipinski definition) is 3. The molecule has 1 N–H and O–H groups in total. The third kappa shape index (κ3) is 4.06. The first-order valence-electron chi connectivity index (χ1n) is 10.3. The predicted octanol–water partition coefficient (Wildman–Crippen LogP) is 4.79. The topological polar surface area (TPSA) is 55.6 Å². The van der Waals surface area contributed by atoms with Gasteiger partial charge < -0.3 is 14.5 Å². The summed E-state index contributed by atoms with van der Waals surface area (Å²) in [6.45, 7) is 0.349. The van der Waals surface area contributed by atoms with E-state index < -0.39 is 0 Å². The molecule has 5 rings (SSSR count). The largest absolute Gasteiger partial charge is 0.487 e. The molecule has 30 heavy (non-hydrogen) atoms. The first kappa shape index (κ1) is 18.4. The number of carbonyl (C=O) groups is 1. The number of fused-ring (bicyclic) bond motifs is 1. The fraction of sp³-hybridized carbons (Fsp3) is 0.200. The van der Waals surface area contributed by atoms with E-state index in [0.29, 0.717) is 23.8 Å². The van der Waals surface area contributed by atoms with Gasteiger partial charge in [-0.25, -0.2) is 4.98 Å². The zero-order valence-corrected chi connectivity index (χ0v) is 16.6. The van der Waals surface area contributed by atoms with Gasteiger partial charge in [-0.2, -0.15) is 0 Å². The average Bonchev–Trinajstić information content (AvgIpc) is 3.55. The SMILES string of the molecule is O=C(NC(c1ccccc1)C1CC1)c1cccc(OCc2cn3ccccc3n2)c1. The van der Waals surface area contributed by atoms with Crippen molar-refractivity contribution in [3.63, 3.8) is 0 Å². The number of benzene rings is 2. The van der Waals surface area contributed by atoms with Gasteiger partial charge in [0, 0.05) is 18.0 Å².